The van der Waals surface area contributed by atoms with E-state index in [0.717, 1.165) is 29.3 Å². The number of rotatable bonds is 4. The summed E-state index contributed by atoms with van der Waals surface area (Å²) in [4.78, 5) is 7.78. The predicted octanol–water partition coefficient (Wildman–Crippen LogP) is 4.17. The molecule has 1 saturated heterocycles. The van der Waals surface area contributed by atoms with Gasteiger partial charge in [-0.2, -0.15) is 11.8 Å². The first-order valence-electron chi connectivity index (χ1n) is 6.92. The van der Waals surface area contributed by atoms with Crippen molar-refractivity contribution in [1.29, 1.82) is 0 Å². The zero-order valence-corrected chi connectivity index (χ0v) is 17.2. The molecule has 0 spiro atoms. The lowest BCUT2D eigenvalue weighted by Crippen LogP contribution is -2.41. The molecule has 3 nitrogen and oxygen atoms in total. The highest BCUT2D eigenvalue weighted by molar-refractivity contribution is 14.0. The number of hydrogen-bond donors (Lipinski definition) is 1. The number of guanidine groups is 1. The lowest BCUT2D eigenvalue weighted by Gasteiger charge is -2.26. The van der Waals surface area contributed by atoms with Crippen LogP contribution in [0.25, 0.3) is 0 Å². The molecule has 0 saturated carbocycles. The summed E-state index contributed by atoms with van der Waals surface area (Å²) in [5, 5.41) is 3.50. The zero-order valence-electron chi connectivity index (χ0n) is 12.5. The number of aliphatic imine (C=N–C) groups is 1. The molecule has 1 N–H and O–H groups in total. The van der Waals surface area contributed by atoms with Gasteiger partial charge in [-0.1, -0.05) is 11.6 Å². The van der Waals surface area contributed by atoms with Gasteiger partial charge in [0.15, 0.2) is 5.96 Å². The van der Waals surface area contributed by atoms with Crippen LogP contribution in [0.4, 0.5) is 0 Å². The van der Waals surface area contributed by atoms with Crippen molar-refractivity contribution < 1.29 is 0 Å². The highest BCUT2D eigenvalue weighted by atomic mass is 127. The molecule has 120 valence electrons. The molecule has 21 heavy (non-hydrogen) atoms. The second-order valence-corrected chi connectivity index (χ2v) is 8.07. The van der Waals surface area contributed by atoms with Gasteiger partial charge in [0.2, 0.25) is 0 Å². The first-order chi connectivity index (χ1) is 9.69. The summed E-state index contributed by atoms with van der Waals surface area (Å²) in [6, 6.07) is 4.03. The third kappa shape index (κ3) is 6.54. The fourth-order valence-electron chi connectivity index (χ4n) is 2.32. The van der Waals surface area contributed by atoms with Gasteiger partial charge in [0.1, 0.15) is 0 Å². The van der Waals surface area contributed by atoms with Crippen LogP contribution in [0.5, 0.6) is 0 Å². The fourth-order valence-corrected chi connectivity index (χ4v) is 4.66. The van der Waals surface area contributed by atoms with Crippen molar-refractivity contribution in [3.63, 3.8) is 0 Å². The van der Waals surface area contributed by atoms with E-state index in [2.05, 4.69) is 40.1 Å². The maximum atomic E-state index is 5.97. The van der Waals surface area contributed by atoms with Gasteiger partial charge in [-0.25, -0.2) is 0 Å². The van der Waals surface area contributed by atoms with E-state index in [1.165, 1.54) is 29.2 Å². The first kappa shape index (κ1) is 19.4. The molecule has 0 aromatic carbocycles. The van der Waals surface area contributed by atoms with Gasteiger partial charge in [-0.3, -0.25) is 4.99 Å². The van der Waals surface area contributed by atoms with E-state index in [1.807, 2.05) is 13.1 Å². The first-order valence-corrected chi connectivity index (χ1v) is 9.27. The highest BCUT2D eigenvalue weighted by Crippen LogP contribution is 2.23. The van der Waals surface area contributed by atoms with E-state index in [4.69, 9.17) is 11.6 Å². The SMILES string of the molecule is CN=C(NCC1CCSCC1)N(C)Cc1ccc(Cl)s1.I. The molecular weight excluding hydrogens is 437 g/mol. The Morgan fingerprint density at radius 2 is 2.14 bits per heavy atom. The van der Waals surface area contributed by atoms with Crippen LogP contribution in [0, 0.1) is 5.92 Å². The Morgan fingerprint density at radius 3 is 2.71 bits per heavy atom. The summed E-state index contributed by atoms with van der Waals surface area (Å²) in [6.07, 6.45) is 2.64. The Kier molecular flexibility index (Phi) is 9.40. The van der Waals surface area contributed by atoms with Crippen molar-refractivity contribution in [2.24, 2.45) is 10.9 Å². The van der Waals surface area contributed by atoms with Crippen molar-refractivity contribution in [3.8, 4) is 0 Å². The van der Waals surface area contributed by atoms with Gasteiger partial charge in [0.25, 0.3) is 0 Å². The molecule has 2 rings (SSSR count). The molecule has 0 radical (unpaired) electrons. The summed E-state index contributed by atoms with van der Waals surface area (Å²) in [5.41, 5.74) is 0. The maximum absolute atomic E-state index is 5.97. The van der Waals surface area contributed by atoms with Crippen molar-refractivity contribution >= 4 is 64.6 Å². The average molecular weight is 460 g/mol. The molecule has 1 aliphatic rings. The third-order valence-electron chi connectivity index (χ3n) is 3.48. The van der Waals surface area contributed by atoms with E-state index in [9.17, 15) is 0 Å². The summed E-state index contributed by atoms with van der Waals surface area (Å²) in [6.45, 7) is 1.88. The second-order valence-electron chi connectivity index (χ2n) is 5.05. The average Bonchev–Trinajstić information content (AvgIpc) is 2.86. The largest absolute Gasteiger partial charge is 0.356 e. The number of thiophene rings is 1. The summed E-state index contributed by atoms with van der Waals surface area (Å²) in [7, 11) is 3.91. The summed E-state index contributed by atoms with van der Waals surface area (Å²) in [5.74, 6) is 4.36. The molecule has 0 aliphatic carbocycles. The Bertz CT molecular complexity index is 447. The van der Waals surface area contributed by atoms with Crippen LogP contribution < -0.4 is 5.32 Å². The number of nitrogens with one attached hydrogen (secondary N) is 1. The number of halogens is 2. The lowest BCUT2D eigenvalue weighted by molar-refractivity contribution is 0.442. The zero-order chi connectivity index (χ0) is 14.4. The van der Waals surface area contributed by atoms with Gasteiger partial charge >= 0.3 is 0 Å². The van der Waals surface area contributed by atoms with Crippen molar-refractivity contribution in [2.45, 2.75) is 19.4 Å². The third-order valence-corrected chi connectivity index (χ3v) is 5.75. The normalized spacial score (nSPS) is 16.4. The monoisotopic (exact) mass is 459 g/mol. The molecule has 0 unspecified atom stereocenters. The quantitative estimate of drug-likeness (QED) is 0.416. The van der Waals surface area contributed by atoms with E-state index >= 15 is 0 Å². The summed E-state index contributed by atoms with van der Waals surface area (Å²) < 4.78 is 0.844. The van der Waals surface area contributed by atoms with Crippen molar-refractivity contribution in [2.75, 3.05) is 32.1 Å². The predicted molar refractivity (Wildman–Crippen MR) is 108 cm³/mol. The van der Waals surface area contributed by atoms with Crippen LogP contribution in [0.15, 0.2) is 17.1 Å². The Balaban J connectivity index is 0.00000220. The Hall–Kier alpha value is 0.340. The van der Waals surface area contributed by atoms with Crippen LogP contribution in [0.3, 0.4) is 0 Å². The van der Waals surface area contributed by atoms with E-state index < -0.39 is 0 Å². The number of thioether (sulfide) groups is 1. The van der Waals surface area contributed by atoms with E-state index in [-0.39, 0.29) is 24.0 Å². The standard InChI is InChI=1S/C14H22ClN3S2.HI/c1-16-14(17-9-11-5-7-19-8-6-11)18(2)10-12-3-4-13(15)20-12;/h3-4,11H,5-10H2,1-2H3,(H,16,17);1H. The molecular formula is C14H23ClIN3S2. The smallest absolute Gasteiger partial charge is 0.193 e. The molecule has 1 aliphatic heterocycles. The molecule has 1 aromatic heterocycles. The number of hydrogen-bond acceptors (Lipinski definition) is 3. The minimum absolute atomic E-state index is 0. The van der Waals surface area contributed by atoms with Crippen LogP contribution in [-0.4, -0.2) is 43.0 Å². The van der Waals surface area contributed by atoms with Gasteiger partial charge in [0, 0.05) is 25.5 Å². The van der Waals surface area contributed by atoms with Gasteiger partial charge in [0.05, 0.1) is 10.9 Å². The van der Waals surface area contributed by atoms with Gasteiger partial charge < -0.3 is 10.2 Å². The Labute approximate surface area is 157 Å². The lowest BCUT2D eigenvalue weighted by atomic mass is 10.0. The van der Waals surface area contributed by atoms with Crippen LogP contribution in [0.1, 0.15) is 17.7 Å². The van der Waals surface area contributed by atoms with Gasteiger partial charge in [-0.15, -0.1) is 35.3 Å². The molecule has 0 atom stereocenters. The number of nitrogens with zero attached hydrogens (tertiary/aromatic N) is 2. The Morgan fingerprint density at radius 1 is 1.43 bits per heavy atom. The van der Waals surface area contributed by atoms with E-state index in [0.29, 0.717) is 0 Å². The molecule has 0 amide bonds. The van der Waals surface area contributed by atoms with Crippen LogP contribution in [-0.2, 0) is 6.54 Å². The molecule has 1 aromatic rings. The minimum atomic E-state index is 0. The molecule has 7 heteroatoms. The topological polar surface area (TPSA) is 27.6 Å². The molecule has 0 bridgehead atoms. The highest BCUT2D eigenvalue weighted by Gasteiger charge is 2.15. The van der Waals surface area contributed by atoms with Crippen molar-refractivity contribution in [1.82, 2.24) is 10.2 Å². The van der Waals surface area contributed by atoms with Gasteiger partial charge in [-0.05, 0) is 42.4 Å². The molecule has 1 fully saturated rings. The maximum Gasteiger partial charge on any atom is 0.193 e. The van der Waals surface area contributed by atoms with Crippen molar-refractivity contribution in [3.05, 3.63) is 21.3 Å². The van der Waals surface area contributed by atoms with Crippen LogP contribution in [0.2, 0.25) is 4.34 Å². The second kappa shape index (κ2) is 10.2. The minimum Gasteiger partial charge on any atom is -0.356 e. The fraction of sp³-hybridized carbons (Fsp3) is 0.643. The molecule has 2 heterocycles. The summed E-state index contributed by atoms with van der Waals surface area (Å²) >= 11 is 9.67. The van der Waals surface area contributed by atoms with E-state index in [1.54, 1.807) is 11.3 Å². The van der Waals surface area contributed by atoms with Crippen LogP contribution >= 0.6 is 58.7 Å².